The number of aliphatic hydroxyl groups excluding tert-OH is 1. The average molecular weight is 526 g/mol. The summed E-state index contributed by atoms with van der Waals surface area (Å²) in [5.74, 6) is -5.03. The van der Waals surface area contributed by atoms with Crippen LogP contribution in [0.3, 0.4) is 0 Å². The summed E-state index contributed by atoms with van der Waals surface area (Å²) in [6, 6.07) is 0.575. The van der Waals surface area contributed by atoms with Crippen LogP contribution in [-0.2, 0) is 30.4 Å². The summed E-state index contributed by atoms with van der Waals surface area (Å²) < 4.78 is 0. The maximum Gasteiger partial charge on any atom is 0.328 e. The van der Waals surface area contributed by atoms with Crippen LogP contribution < -0.4 is 27.4 Å². The highest BCUT2D eigenvalue weighted by Crippen LogP contribution is 2.12. The Morgan fingerprint density at radius 3 is 1.92 bits per heavy atom. The molecule has 4 atom stereocenters. The highest BCUT2D eigenvalue weighted by atomic mass is 16.4. The van der Waals surface area contributed by atoms with Gasteiger partial charge in [-0.15, -0.1) is 0 Å². The van der Waals surface area contributed by atoms with E-state index in [1.165, 1.54) is 24.3 Å². The molecule has 0 aromatic heterocycles. The number of aliphatic hydroxyl groups is 1. The van der Waals surface area contributed by atoms with Crippen LogP contribution in [0.15, 0.2) is 24.3 Å². The molecule has 206 valence electrons. The van der Waals surface area contributed by atoms with Gasteiger partial charge in [0.05, 0.1) is 12.6 Å². The molecule has 0 spiro atoms. The van der Waals surface area contributed by atoms with E-state index in [9.17, 15) is 34.2 Å². The zero-order valence-corrected chi connectivity index (χ0v) is 20.3. The number of carboxylic acid groups (broad SMARTS) is 2. The van der Waals surface area contributed by atoms with Gasteiger partial charge in [0.15, 0.2) is 0 Å². The van der Waals surface area contributed by atoms with Crippen LogP contribution in [0.25, 0.3) is 0 Å². The van der Waals surface area contributed by atoms with Gasteiger partial charge in [-0.2, -0.15) is 0 Å². The van der Waals surface area contributed by atoms with E-state index in [0.29, 0.717) is 24.9 Å². The first kappa shape index (κ1) is 31.3. The van der Waals surface area contributed by atoms with E-state index in [0.717, 1.165) is 0 Å². The quantitative estimate of drug-likeness (QED) is 0.0985. The van der Waals surface area contributed by atoms with Crippen molar-refractivity contribution in [3.8, 4) is 5.75 Å². The minimum absolute atomic E-state index is 0.0158. The minimum atomic E-state index is -1.58. The molecule has 0 saturated carbocycles. The Balaban J connectivity index is 3.10. The summed E-state index contributed by atoms with van der Waals surface area (Å²) in [6.07, 6.45) is 0.452. The van der Waals surface area contributed by atoms with Gasteiger partial charge in [-0.1, -0.05) is 12.1 Å². The normalized spacial score (nSPS) is 14.0. The zero-order chi connectivity index (χ0) is 28.0. The number of aliphatic carboxylic acids is 2. The van der Waals surface area contributed by atoms with Crippen molar-refractivity contribution in [3.05, 3.63) is 29.8 Å². The lowest BCUT2D eigenvalue weighted by atomic mass is 10.0. The monoisotopic (exact) mass is 525 g/mol. The van der Waals surface area contributed by atoms with Crippen molar-refractivity contribution >= 4 is 29.7 Å². The number of phenolic OH excluding ortho intramolecular Hbond substituents is 1. The van der Waals surface area contributed by atoms with Crippen LogP contribution >= 0.6 is 0 Å². The second kappa shape index (κ2) is 16.1. The molecule has 0 bridgehead atoms. The Kier molecular flexibility index (Phi) is 13.6. The Hall–Kier alpha value is -3.75. The number of hydrogen-bond donors (Lipinski definition) is 9. The first-order valence-corrected chi connectivity index (χ1v) is 11.7. The zero-order valence-electron chi connectivity index (χ0n) is 20.3. The predicted octanol–water partition coefficient (Wildman–Crippen LogP) is -2.21. The second-order valence-corrected chi connectivity index (χ2v) is 8.40. The summed E-state index contributed by atoms with van der Waals surface area (Å²) in [4.78, 5) is 60.5. The van der Waals surface area contributed by atoms with Gasteiger partial charge < -0.3 is 47.8 Å². The van der Waals surface area contributed by atoms with Crippen LogP contribution in [0, 0.1) is 0 Å². The molecular formula is C23H35N5O9. The number of aromatic hydroxyl groups is 1. The molecule has 1 aromatic carbocycles. The third-order valence-electron chi connectivity index (χ3n) is 5.39. The fourth-order valence-corrected chi connectivity index (χ4v) is 3.26. The first-order valence-electron chi connectivity index (χ1n) is 11.7. The molecule has 14 nitrogen and oxygen atoms in total. The van der Waals surface area contributed by atoms with Crippen molar-refractivity contribution in [2.75, 3.05) is 13.2 Å². The molecular weight excluding hydrogens is 490 g/mol. The van der Waals surface area contributed by atoms with Gasteiger partial charge in [-0.25, -0.2) is 4.79 Å². The van der Waals surface area contributed by atoms with Crippen molar-refractivity contribution in [1.29, 1.82) is 0 Å². The van der Waals surface area contributed by atoms with Gasteiger partial charge in [-0.05, 0) is 49.9 Å². The van der Waals surface area contributed by atoms with Gasteiger partial charge in [0.1, 0.15) is 23.9 Å². The second-order valence-electron chi connectivity index (χ2n) is 8.40. The molecule has 0 saturated heterocycles. The number of hydrogen-bond acceptors (Lipinski definition) is 9. The smallest absolute Gasteiger partial charge is 0.328 e. The highest BCUT2D eigenvalue weighted by Gasteiger charge is 2.30. The van der Waals surface area contributed by atoms with Crippen molar-refractivity contribution < 1.29 is 44.4 Å². The number of unbranched alkanes of at least 4 members (excludes halogenated alkanes) is 1. The largest absolute Gasteiger partial charge is 0.508 e. The minimum Gasteiger partial charge on any atom is -0.508 e. The summed E-state index contributed by atoms with van der Waals surface area (Å²) >= 11 is 0. The topological polar surface area (TPSA) is 254 Å². The van der Waals surface area contributed by atoms with Crippen LogP contribution in [-0.4, -0.2) is 87.4 Å². The fraction of sp³-hybridized carbons (Fsp3) is 0.522. The summed E-state index contributed by atoms with van der Waals surface area (Å²) in [5, 5.41) is 43.8. The Labute approximate surface area is 213 Å². The number of nitrogens with two attached hydrogens (primary N) is 2. The molecule has 0 aliphatic carbocycles. The Bertz CT molecular complexity index is 926. The highest BCUT2D eigenvalue weighted by molar-refractivity contribution is 5.94. The standard InChI is InChI=1S/C23H35N5O9/c24-10-2-1-3-16(21(34)28-18(12-29)23(36)37)26-22(35)17(11-13-4-6-14(30)7-5-13)27-20(33)15(25)8-9-19(31)32/h4-7,15-18,29-30H,1-3,8-12,24-25H2,(H,26,35)(H,27,33)(H,28,34)(H,31,32)(H,36,37). The van der Waals surface area contributed by atoms with Crippen LogP contribution in [0.1, 0.15) is 37.7 Å². The lowest BCUT2D eigenvalue weighted by Gasteiger charge is -2.25. The van der Waals surface area contributed by atoms with E-state index in [1.54, 1.807) is 0 Å². The molecule has 14 heteroatoms. The maximum atomic E-state index is 13.2. The molecule has 11 N–H and O–H groups in total. The summed E-state index contributed by atoms with van der Waals surface area (Å²) in [7, 11) is 0. The molecule has 0 aliphatic rings. The van der Waals surface area contributed by atoms with Crippen LogP contribution in [0.5, 0.6) is 5.75 Å². The molecule has 0 heterocycles. The van der Waals surface area contributed by atoms with Gasteiger partial charge in [0.2, 0.25) is 17.7 Å². The molecule has 37 heavy (non-hydrogen) atoms. The molecule has 0 fully saturated rings. The number of carboxylic acids is 2. The van der Waals surface area contributed by atoms with Gasteiger partial charge >= 0.3 is 11.9 Å². The van der Waals surface area contributed by atoms with Crippen molar-refractivity contribution in [3.63, 3.8) is 0 Å². The number of carbonyl (C=O) groups is 5. The number of carbonyl (C=O) groups excluding carboxylic acids is 3. The van der Waals surface area contributed by atoms with Gasteiger partial charge in [-0.3, -0.25) is 19.2 Å². The number of nitrogens with one attached hydrogen (secondary N) is 3. The van der Waals surface area contributed by atoms with E-state index in [1.807, 2.05) is 0 Å². The van der Waals surface area contributed by atoms with Crippen molar-refractivity contribution in [2.24, 2.45) is 11.5 Å². The van der Waals surface area contributed by atoms with Crippen LogP contribution in [0.2, 0.25) is 0 Å². The maximum absolute atomic E-state index is 13.2. The lowest BCUT2D eigenvalue weighted by molar-refractivity contribution is -0.143. The first-order chi connectivity index (χ1) is 17.5. The van der Waals surface area contributed by atoms with E-state index < -0.39 is 60.4 Å². The fourth-order valence-electron chi connectivity index (χ4n) is 3.26. The van der Waals surface area contributed by atoms with Crippen molar-refractivity contribution in [1.82, 2.24) is 16.0 Å². The molecule has 1 rings (SSSR count). The SMILES string of the molecule is NCCCCC(NC(=O)C(Cc1ccc(O)cc1)NC(=O)C(N)CCC(=O)O)C(=O)NC(CO)C(=O)O. The Morgan fingerprint density at radius 1 is 0.811 bits per heavy atom. The van der Waals surface area contributed by atoms with Gasteiger partial charge in [0, 0.05) is 12.8 Å². The molecule has 1 aromatic rings. The van der Waals surface area contributed by atoms with E-state index >= 15 is 0 Å². The van der Waals surface area contributed by atoms with Crippen molar-refractivity contribution in [2.45, 2.75) is 62.7 Å². The van der Waals surface area contributed by atoms with E-state index in [-0.39, 0.29) is 31.4 Å². The molecule has 0 aliphatic heterocycles. The number of amides is 3. The third kappa shape index (κ3) is 11.7. The number of rotatable bonds is 17. The molecule has 4 unspecified atom stereocenters. The lowest BCUT2D eigenvalue weighted by Crippen LogP contribution is -2.58. The third-order valence-corrected chi connectivity index (χ3v) is 5.39. The number of phenols is 1. The number of benzene rings is 1. The molecule has 3 amide bonds. The van der Waals surface area contributed by atoms with E-state index in [4.69, 9.17) is 21.7 Å². The average Bonchev–Trinajstić information content (AvgIpc) is 2.85. The van der Waals surface area contributed by atoms with Gasteiger partial charge in [0.25, 0.3) is 0 Å². The summed E-state index contributed by atoms with van der Waals surface area (Å²) in [6.45, 7) is -0.539. The Morgan fingerprint density at radius 2 is 1.38 bits per heavy atom. The molecule has 0 radical (unpaired) electrons. The summed E-state index contributed by atoms with van der Waals surface area (Å²) in [5.41, 5.74) is 11.8. The van der Waals surface area contributed by atoms with Crippen LogP contribution in [0.4, 0.5) is 0 Å². The van der Waals surface area contributed by atoms with E-state index in [2.05, 4.69) is 16.0 Å². The predicted molar refractivity (Wildman–Crippen MR) is 130 cm³/mol.